The van der Waals surface area contributed by atoms with Crippen molar-refractivity contribution in [2.45, 2.75) is 57.2 Å². The van der Waals surface area contributed by atoms with Crippen molar-refractivity contribution in [3.8, 4) is 0 Å². The molecule has 0 saturated carbocycles. The minimum atomic E-state index is -0.671. The summed E-state index contributed by atoms with van der Waals surface area (Å²) in [5.41, 5.74) is 0.581. The number of nitrogens with zero attached hydrogens (tertiary/aromatic N) is 3. The molecule has 0 radical (unpaired) electrons. The predicted octanol–water partition coefficient (Wildman–Crippen LogP) is 3.72. The maximum Gasteiger partial charge on any atom is 0.257 e. The first-order valence-corrected chi connectivity index (χ1v) is 11.1. The summed E-state index contributed by atoms with van der Waals surface area (Å²) >= 11 is 0. The van der Waals surface area contributed by atoms with Crippen LogP contribution in [0.25, 0.3) is 0 Å². The van der Waals surface area contributed by atoms with Gasteiger partial charge in [-0.05, 0) is 56.9 Å². The fourth-order valence-electron chi connectivity index (χ4n) is 5.42. The predicted molar refractivity (Wildman–Crippen MR) is 114 cm³/mol. The maximum absolute atomic E-state index is 13.3. The van der Waals surface area contributed by atoms with Crippen LogP contribution < -0.4 is 4.90 Å². The number of carbonyl (C=O) groups is 3. The highest BCUT2D eigenvalue weighted by atomic mass is 16.3. The third-order valence-electron chi connectivity index (χ3n) is 6.96. The number of para-hydroxylation sites is 1. The van der Waals surface area contributed by atoms with E-state index in [-0.39, 0.29) is 23.8 Å². The molecule has 2 unspecified atom stereocenters. The van der Waals surface area contributed by atoms with Crippen LogP contribution in [0.4, 0.5) is 5.69 Å². The molecule has 1 aromatic carbocycles. The van der Waals surface area contributed by atoms with Gasteiger partial charge >= 0.3 is 0 Å². The zero-order chi connectivity index (χ0) is 21.6. The van der Waals surface area contributed by atoms with Crippen molar-refractivity contribution in [2.24, 2.45) is 0 Å². The van der Waals surface area contributed by atoms with Gasteiger partial charge in [0.2, 0.25) is 11.8 Å². The number of benzene rings is 1. The van der Waals surface area contributed by atoms with Crippen LogP contribution in [-0.2, 0) is 9.59 Å². The molecule has 3 aliphatic heterocycles. The maximum atomic E-state index is 13.3. The summed E-state index contributed by atoms with van der Waals surface area (Å²) < 4.78 is 5.53. The number of likely N-dealkylation sites (tertiary alicyclic amines) is 1. The Morgan fingerprint density at radius 3 is 2.84 bits per heavy atom. The van der Waals surface area contributed by atoms with Gasteiger partial charge in [-0.25, -0.2) is 0 Å². The number of furan rings is 1. The summed E-state index contributed by atoms with van der Waals surface area (Å²) in [6.07, 6.45) is 5.48. The minimum Gasteiger partial charge on any atom is -0.467 e. The van der Waals surface area contributed by atoms with E-state index in [1.807, 2.05) is 42.2 Å². The lowest BCUT2D eigenvalue weighted by atomic mass is 9.98. The molecule has 3 aliphatic rings. The van der Waals surface area contributed by atoms with Crippen molar-refractivity contribution in [1.29, 1.82) is 0 Å². The molecule has 4 heterocycles. The number of fused-ring (bicyclic) bond motifs is 3. The summed E-state index contributed by atoms with van der Waals surface area (Å²) in [4.78, 5) is 44.4. The van der Waals surface area contributed by atoms with E-state index < -0.39 is 5.66 Å². The number of rotatable bonds is 5. The molecular weight excluding hydrogens is 394 g/mol. The normalized spacial score (nSPS) is 25.2. The monoisotopic (exact) mass is 421 g/mol. The second-order valence-electron chi connectivity index (χ2n) is 8.78. The Bertz CT molecular complexity index is 1020. The first kappa shape index (κ1) is 19.8. The molecule has 7 heteroatoms. The lowest BCUT2D eigenvalue weighted by molar-refractivity contribution is -0.132. The van der Waals surface area contributed by atoms with Gasteiger partial charge in [0, 0.05) is 25.9 Å². The Kier molecular flexibility index (Phi) is 4.84. The quantitative estimate of drug-likeness (QED) is 0.738. The lowest BCUT2D eigenvalue weighted by Gasteiger charge is -2.48. The van der Waals surface area contributed by atoms with Gasteiger partial charge in [-0.2, -0.15) is 0 Å². The van der Waals surface area contributed by atoms with E-state index in [4.69, 9.17) is 4.42 Å². The fraction of sp³-hybridized carbons (Fsp3) is 0.458. The summed E-state index contributed by atoms with van der Waals surface area (Å²) in [7, 11) is 0. The van der Waals surface area contributed by atoms with Crippen molar-refractivity contribution in [1.82, 2.24) is 9.80 Å². The molecule has 1 aromatic heterocycles. The van der Waals surface area contributed by atoms with E-state index in [9.17, 15) is 14.4 Å². The van der Waals surface area contributed by atoms with Crippen LogP contribution in [0.5, 0.6) is 0 Å². The largest absolute Gasteiger partial charge is 0.467 e. The number of carbonyl (C=O) groups excluding carboxylic acids is 3. The van der Waals surface area contributed by atoms with Crippen LogP contribution in [0.15, 0.2) is 47.1 Å². The first-order valence-electron chi connectivity index (χ1n) is 11.1. The van der Waals surface area contributed by atoms with E-state index in [0.29, 0.717) is 43.5 Å². The topological polar surface area (TPSA) is 74.1 Å². The van der Waals surface area contributed by atoms with Crippen LogP contribution in [-0.4, -0.2) is 46.3 Å². The second-order valence-corrected chi connectivity index (χ2v) is 8.78. The standard InChI is InChI=1S/C24H27N3O4/c1-24-13-12-22(29)27(24)18-8-3-2-7-17(18)23(30)26(24)15-5-11-21(28)25-14-4-9-19(25)20-10-6-16-31-20/h2-3,6-8,10,16,19H,4-5,9,11-15H2,1H3. The third-order valence-corrected chi connectivity index (χ3v) is 6.96. The molecule has 3 amide bonds. The van der Waals surface area contributed by atoms with Gasteiger partial charge in [-0.15, -0.1) is 0 Å². The lowest BCUT2D eigenvalue weighted by Crippen LogP contribution is -2.62. The molecule has 2 fully saturated rings. The highest BCUT2D eigenvalue weighted by molar-refractivity contribution is 6.10. The Labute approximate surface area is 181 Å². The molecule has 0 aliphatic carbocycles. The zero-order valence-corrected chi connectivity index (χ0v) is 17.8. The van der Waals surface area contributed by atoms with Gasteiger partial charge in [0.15, 0.2) is 0 Å². The van der Waals surface area contributed by atoms with Gasteiger partial charge in [-0.3, -0.25) is 19.3 Å². The van der Waals surface area contributed by atoms with E-state index in [1.54, 1.807) is 22.1 Å². The summed E-state index contributed by atoms with van der Waals surface area (Å²) in [5.74, 6) is 0.905. The van der Waals surface area contributed by atoms with Crippen LogP contribution in [0.3, 0.4) is 0 Å². The zero-order valence-electron chi connectivity index (χ0n) is 17.8. The molecule has 0 bridgehead atoms. The Balaban J connectivity index is 1.30. The van der Waals surface area contributed by atoms with Crippen LogP contribution in [0, 0.1) is 0 Å². The second kappa shape index (κ2) is 7.55. The summed E-state index contributed by atoms with van der Waals surface area (Å²) in [6.45, 7) is 3.14. The Morgan fingerprint density at radius 2 is 2.03 bits per heavy atom. The highest BCUT2D eigenvalue weighted by Crippen LogP contribution is 2.44. The van der Waals surface area contributed by atoms with Crippen LogP contribution in [0.1, 0.15) is 67.6 Å². The van der Waals surface area contributed by atoms with E-state index in [1.165, 1.54) is 0 Å². The van der Waals surface area contributed by atoms with Gasteiger partial charge in [0.25, 0.3) is 5.91 Å². The molecule has 162 valence electrons. The van der Waals surface area contributed by atoms with Gasteiger partial charge in [-0.1, -0.05) is 12.1 Å². The van der Waals surface area contributed by atoms with Gasteiger partial charge < -0.3 is 14.2 Å². The smallest absolute Gasteiger partial charge is 0.257 e. The van der Waals surface area contributed by atoms with E-state index >= 15 is 0 Å². The molecular formula is C24H27N3O4. The van der Waals surface area contributed by atoms with Crippen molar-refractivity contribution in [3.05, 3.63) is 54.0 Å². The molecule has 0 N–H and O–H groups in total. The van der Waals surface area contributed by atoms with E-state index in [2.05, 4.69) is 0 Å². The van der Waals surface area contributed by atoms with Crippen molar-refractivity contribution in [3.63, 3.8) is 0 Å². The highest BCUT2D eigenvalue weighted by Gasteiger charge is 2.52. The average Bonchev–Trinajstić information content (AvgIpc) is 3.51. The molecule has 5 rings (SSSR count). The molecule has 0 spiro atoms. The number of hydrogen-bond acceptors (Lipinski definition) is 4. The number of amides is 3. The summed E-state index contributed by atoms with van der Waals surface area (Å²) in [5, 5.41) is 0. The SMILES string of the molecule is CC12CCC(=O)N1c1ccccc1C(=O)N2CCCC(=O)N1CCCC1c1ccco1. The van der Waals surface area contributed by atoms with Crippen molar-refractivity contribution >= 4 is 23.4 Å². The van der Waals surface area contributed by atoms with Crippen molar-refractivity contribution < 1.29 is 18.8 Å². The van der Waals surface area contributed by atoms with Crippen LogP contribution in [0.2, 0.25) is 0 Å². The first-order chi connectivity index (χ1) is 15.0. The fourth-order valence-corrected chi connectivity index (χ4v) is 5.42. The van der Waals surface area contributed by atoms with Crippen LogP contribution >= 0.6 is 0 Å². The molecule has 2 aromatic rings. The third kappa shape index (κ3) is 3.14. The Hall–Kier alpha value is -3.09. The summed E-state index contributed by atoms with van der Waals surface area (Å²) in [6, 6.07) is 11.1. The molecule has 7 nitrogen and oxygen atoms in total. The minimum absolute atomic E-state index is 0.00598. The van der Waals surface area contributed by atoms with Crippen molar-refractivity contribution in [2.75, 3.05) is 18.0 Å². The molecule has 2 atom stereocenters. The molecule has 31 heavy (non-hydrogen) atoms. The molecule has 2 saturated heterocycles. The van der Waals surface area contributed by atoms with E-state index in [0.717, 1.165) is 25.1 Å². The number of anilines is 1. The number of hydrogen-bond donors (Lipinski definition) is 0. The van der Waals surface area contributed by atoms with Gasteiger partial charge in [0.05, 0.1) is 23.6 Å². The van der Waals surface area contributed by atoms with Gasteiger partial charge in [0.1, 0.15) is 11.4 Å². The average molecular weight is 421 g/mol. The Morgan fingerprint density at radius 1 is 1.19 bits per heavy atom.